The predicted molar refractivity (Wildman–Crippen MR) is 48.0 cm³/mol. The highest BCUT2D eigenvalue weighted by atomic mass is 35.5. The number of alkyl halides is 7. The molecule has 0 aliphatic carbocycles. The van der Waals surface area contributed by atoms with Crippen LogP contribution in [0.25, 0.3) is 0 Å². The lowest BCUT2D eigenvalue weighted by molar-refractivity contribution is -0.359. The van der Waals surface area contributed by atoms with Gasteiger partial charge in [0.1, 0.15) is 5.75 Å². The molecule has 1 N–H and O–H groups in total. The summed E-state index contributed by atoms with van der Waals surface area (Å²) in [6.45, 7) is 0. The third-order valence-corrected chi connectivity index (χ3v) is 2.21. The minimum absolute atomic E-state index is 0.0888. The van der Waals surface area contributed by atoms with Gasteiger partial charge in [0.2, 0.25) is 0 Å². The monoisotopic (exact) mass is 296 g/mol. The van der Waals surface area contributed by atoms with Gasteiger partial charge in [0.15, 0.2) is 0 Å². The van der Waals surface area contributed by atoms with E-state index in [-0.39, 0.29) is 12.1 Å². The molecule has 0 fully saturated rings. The van der Waals surface area contributed by atoms with Crippen molar-refractivity contribution in [2.45, 2.75) is 18.0 Å². The van der Waals surface area contributed by atoms with Crippen LogP contribution in [0.2, 0.25) is 5.02 Å². The molecule has 0 saturated heterocycles. The van der Waals surface area contributed by atoms with E-state index in [0.29, 0.717) is 6.07 Å². The topological polar surface area (TPSA) is 20.2 Å². The van der Waals surface area contributed by atoms with Crippen molar-refractivity contribution in [3.8, 4) is 5.75 Å². The Hall–Kier alpha value is -1.18. The van der Waals surface area contributed by atoms with Gasteiger partial charge in [-0.05, 0) is 18.2 Å². The fourth-order valence-electron chi connectivity index (χ4n) is 1.11. The number of rotatable bonds is 2. The van der Waals surface area contributed by atoms with Gasteiger partial charge < -0.3 is 5.11 Å². The first-order valence-electron chi connectivity index (χ1n) is 4.22. The molecule has 0 bridgehead atoms. The van der Waals surface area contributed by atoms with Crippen molar-refractivity contribution in [3.63, 3.8) is 0 Å². The molecule has 0 spiro atoms. The number of hydrogen-bond donors (Lipinski definition) is 1. The molecule has 0 atom stereocenters. The van der Waals surface area contributed by atoms with Crippen LogP contribution in [0, 0.1) is 0 Å². The Balaban J connectivity index is 3.37. The van der Waals surface area contributed by atoms with Gasteiger partial charge in [-0.15, -0.1) is 0 Å². The van der Waals surface area contributed by atoms with Crippen LogP contribution in [0.1, 0.15) is 5.56 Å². The molecule has 18 heavy (non-hydrogen) atoms. The second-order valence-electron chi connectivity index (χ2n) is 3.34. The van der Waals surface area contributed by atoms with E-state index in [9.17, 15) is 30.7 Å². The summed E-state index contributed by atoms with van der Waals surface area (Å²) in [5.74, 6) is -12.8. The molecule has 0 saturated carbocycles. The van der Waals surface area contributed by atoms with Gasteiger partial charge in [0.05, 0.1) is 0 Å². The van der Waals surface area contributed by atoms with Gasteiger partial charge in [-0.1, -0.05) is 11.6 Å². The van der Waals surface area contributed by atoms with E-state index in [1.807, 2.05) is 0 Å². The van der Waals surface area contributed by atoms with Gasteiger partial charge in [-0.25, -0.2) is 0 Å². The van der Waals surface area contributed by atoms with E-state index in [1.54, 1.807) is 0 Å². The van der Waals surface area contributed by atoms with Gasteiger partial charge in [0, 0.05) is 10.6 Å². The largest absolute Gasteiger partial charge is 0.508 e. The Labute approximate surface area is 101 Å². The lowest BCUT2D eigenvalue weighted by Crippen LogP contribution is -2.50. The molecule has 0 radical (unpaired) electrons. The SMILES string of the molecule is Oc1cc(Cl)cc(C(F)(F)C(F)(F)C(F)(F)F)c1. The summed E-state index contributed by atoms with van der Waals surface area (Å²) in [6.07, 6.45) is -6.44. The first-order chi connectivity index (χ1) is 7.89. The van der Waals surface area contributed by atoms with Crippen LogP contribution in [0.3, 0.4) is 0 Å². The van der Waals surface area contributed by atoms with Crippen LogP contribution in [-0.4, -0.2) is 17.2 Å². The van der Waals surface area contributed by atoms with E-state index in [0.717, 1.165) is 0 Å². The van der Waals surface area contributed by atoms with E-state index in [4.69, 9.17) is 16.7 Å². The first-order valence-corrected chi connectivity index (χ1v) is 4.60. The highest BCUT2D eigenvalue weighted by Crippen LogP contribution is 2.52. The number of hydrogen-bond acceptors (Lipinski definition) is 1. The molecule has 0 aliphatic rings. The van der Waals surface area contributed by atoms with Crippen LogP contribution in [-0.2, 0) is 5.92 Å². The molecule has 102 valence electrons. The van der Waals surface area contributed by atoms with Crippen LogP contribution in [0.5, 0.6) is 5.75 Å². The molecule has 1 aromatic carbocycles. The van der Waals surface area contributed by atoms with E-state index in [1.165, 1.54) is 0 Å². The standard InChI is InChI=1S/C9H4ClF7O/c10-5-1-4(2-6(18)3-5)7(11,12)8(13,14)9(15,16)17/h1-3,18H. The zero-order valence-corrected chi connectivity index (χ0v) is 8.96. The number of phenols is 1. The second kappa shape index (κ2) is 4.18. The Morgan fingerprint density at radius 2 is 1.39 bits per heavy atom. The van der Waals surface area contributed by atoms with E-state index >= 15 is 0 Å². The van der Waals surface area contributed by atoms with Crippen LogP contribution in [0.15, 0.2) is 18.2 Å². The van der Waals surface area contributed by atoms with Crippen molar-refractivity contribution in [1.29, 1.82) is 0 Å². The summed E-state index contributed by atoms with van der Waals surface area (Å²) in [6, 6.07) is 1.03. The molecule has 0 unspecified atom stereocenters. The summed E-state index contributed by atoms with van der Waals surface area (Å²) >= 11 is 5.20. The highest BCUT2D eigenvalue weighted by Gasteiger charge is 2.73. The van der Waals surface area contributed by atoms with Crippen LogP contribution < -0.4 is 0 Å². The van der Waals surface area contributed by atoms with Crippen molar-refractivity contribution in [3.05, 3.63) is 28.8 Å². The third kappa shape index (κ3) is 2.33. The molecule has 0 aromatic heterocycles. The molecule has 0 aliphatic heterocycles. The zero-order valence-electron chi connectivity index (χ0n) is 8.20. The molecular weight excluding hydrogens is 293 g/mol. The van der Waals surface area contributed by atoms with Gasteiger partial charge in [-0.2, -0.15) is 30.7 Å². The summed E-state index contributed by atoms with van der Waals surface area (Å²) < 4.78 is 87.3. The van der Waals surface area contributed by atoms with Crippen LogP contribution in [0.4, 0.5) is 30.7 Å². The van der Waals surface area contributed by atoms with Crippen LogP contribution >= 0.6 is 11.6 Å². The summed E-state index contributed by atoms with van der Waals surface area (Å²) in [5, 5.41) is 8.29. The minimum atomic E-state index is -6.44. The Kier molecular flexibility index (Phi) is 3.46. The maximum Gasteiger partial charge on any atom is 0.460 e. The highest BCUT2D eigenvalue weighted by molar-refractivity contribution is 6.30. The summed E-state index contributed by atoms with van der Waals surface area (Å²) in [7, 11) is 0. The average molecular weight is 297 g/mol. The molecule has 1 rings (SSSR count). The Bertz CT molecular complexity index is 434. The van der Waals surface area contributed by atoms with Gasteiger partial charge >= 0.3 is 18.0 Å². The van der Waals surface area contributed by atoms with E-state index < -0.39 is 34.4 Å². The lowest BCUT2D eigenvalue weighted by atomic mass is 10.0. The maximum absolute atomic E-state index is 13.1. The fraction of sp³-hybridized carbons (Fsp3) is 0.333. The van der Waals surface area contributed by atoms with E-state index in [2.05, 4.69) is 0 Å². The average Bonchev–Trinajstić information content (AvgIpc) is 2.13. The third-order valence-electron chi connectivity index (χ3n) is 2.00. The molecule has 1 nitrogen and oxygen atoms in total. The van der Waals surface area contributed by atoms with Gasteiger partial charge in [0.25, 0.3) is 0 Å². The molecule has 9 heteroatoms. The molecule has 1 aromatic rings. The maximum atomic E-state index is 13.1. The zero-order chi connectivity index (χ0) is 14.4. The number of phenolic OH excluding ortho intramolecular Hbond substituents is 1. The quantitative estimate of drug-likeness (QED) is 0.805. The smallest absolute Gasteiger partial charge is 0.460 e. The predicted octanol–water partition coefficient (Wildman–Crippen LogP) is 4.33. The normalized spacial score (nSPS) is 13.8. The Morgan fingerprint density at radius 3 is 1.78 bits per heavy atom. The fourth-order valence-corrected chi connectivity index (χ4v) is 1.34. The van der Waals surface area contributed by atoms with Crippen molar-refractivity contribution in [2.75, 3.05) is 0 Å². The number of halogens is 8. The lowest BCUT2D eigenvalue weighted by Gasteiger charge is -2.28. The summed E-state index contributed by atoms with van der Waals surface area (Å²) in [4.78, 5) is 0. The number of benzene rings is 1. The van der Waals surface area contributed by atoms with Crippen molar-refractivity contribution >= 4 is 11.6 Å². The Morgan fingerprint density at radius 1 is 0.889 bits per heavy atom. The summed E-state index contributed by atoms with van der Waals surface area (Å²) in [5.41, 5.74) is -1.73. The molecule has 0 amide bonds. The second-order valence-corrected chi connectivity index (χ2v) is 3.78. The molecule has 0 heterocycles. The minimum Gasteiger partial charge on any atom is -0.508 e. The number of aromatic hydroxyl groups is 1. The van der Waals surface area contributed by atoms with Crippen molar-refractivity contribution in [2.24, 2.45) is 0 Å². The first kappa shape index (κ1) is 14.9. The van der Waals surface area contributed by atoms with Crippen molar-refractivity contribution < 1.29 is 35.8 Å². The van der Waals surface area contributed by atoms with Crippen molar-refractivity contribution in [1.82, 2.24) is 0 Å². The van der Waals surface area contributed by atoms with Gasteiger partial charge in [-0.3, -0.25) is 0 Å². The molecular formula is C9H4ClF7O.